The van der Waals surface area contributed by atoms with Gasteiger partial charge in [-0.15, -0.1) is 0 Å². The Kier molecular flexibility index (Phi) is 6.66. The van der Waals surface area contributed by atoms with Crippen LogP contribution in [0.4, 0.5) is 0 Å². The molecular weight excluding hydrogens is 348 g/mol. The molecule has 1 aliphatic rings. The molecule has 0 heterocycles. The zero-order valence-corrected chi connectivity index (χ0v) is 15.8. The molecule has 134 valence electrons. The van der Waals surface area contributed by atoms with Gasteiger partial charge < -0.3 is 5.32 Å². The third-order valence-corrected chi connectivity index (χ3v) is 6.69. The maximum Gasteiger partial charge on any atom is 0.251 e. The van der Waals surface area contributed by atoms with E-state index < -0.39 is 10.0 Å². The largest absolute Gasteiger partial charge is 0.349 e. The van der Waals surface area contributed by atoms with E-state index in [-0.39, 0.29) is 21.9 Å². The third-order valence-electron chi connectivity index (χ3n) is 4.39. The van der Waals surface area contributed by atoms with E-state index in [9.17, 15) is 13.2 Å². The average molecular weight is 373 g/mol. The van der Waals surface area contributed by atoms with Gasteiger partial charge in [0.2, 0.25) is 10.0 Å². The van der Waals surface area contributed by atoms with Gasteiger partial charge in [-0.25, -0.2) is 12.7 Å². The number of rotatable bonds is 4. The SMILES string of the molecule is CN(C)S(=O)(=O)c1cc(C(=O)NC2CCCCCCC2)ccc1Cl. The second-order valence-corrected chi connectivity index (χ2v) is 8.98. The fraction of sp³-hybridized carbons (Fsp3) is 0.588. The van der Waals surface area contributed by atoms with Gasteiger partial charge in [0, 0.05) is 25.7 Å². The second-order valence-electron chi connectivity index (χ2n) is 6.45. The number of benzene rings is 1. The molecule has 24 heavy (non-hydrogen) atoms. The van der Waals surface area contributed by atoms with Gasteiger partial charge >= 0.3 is 0 Å². The van der Waals surface area contributed by atoms with Gasteiger partial charge in [-0.05, 0) is 31.0 Å². The summed E-state index contributed by atoms with van der Waals surface area (Å²) in [4.78, 5) is 12.5. The summed E-state index contributed by atoms with van der Waals surface area (Å²) in [6, 6.07) is 4.54. The first-order chi connectivity index (χ1) is 11.3. The van der Waals surface area contributed by atoms with Crippen LogP contribution in [0.3, 0.4) is 0 Å². The van der Waals surface area contributed by atoms with Gasteiger partial charge in [-0.2, -0.15) is 0 Å². The Morgan fingerprint density at radius 2 is 1.71 bits per heavy atom. The molecule has 7 heteroatoms. The van der Waals surface area contributed by atoms with E-state index in [2.05, 4.69) is 5.32 Å². The average Bonchev–Trinajstić information content (AvgIpc) is 2.49. The van der Waals surface area contributed by atoms with Gasteiger partial charge in [0.1, 0.15) is 4.90 Å². The first kappa shape index (κ1) is 19.2. The van der Waals surface area contributed by atoms with E-state index in [0.29, 0.717) is 5.56 Å². The minimum atomic E-state index is -3.69. The summed E-state index contributed by atoms with van der Waals surface area (Å²) in [6.45, 7) is 0. The summed E-state index contributed by atoms with van der Waals surface area (Å²) < 4.78 is 25.7. The van der Waals surface area contributed by atoms with Crippen molar-refractivity contribution in [2.75, 3.05) is 14.1 Å². The van der Waals surface area contributed by atoms with Gasteiger partial charge in [-0.3, -0.25) is 4.79 Å². The van der Waals surface area contributed by atoms with Crippen molar-refractivity contribution in [3.63, 3.8) is 0 Å². The van der Waals surface area contributed by atoms with Crippen molar-refractivity contribution in [2.24, 2.45) is 0 Å². The number of nitrogens with zero attached hydrogens (tertiary/aromatic N) is 1. The van der Waals surface area contributed by atoms with Crippen LogP contribution in [0.5, 0.6) is 0 Å². The highest BCUT2D eigenvalue weighted by atomic mass is 35.5. The van der Waals surface area contributed by atoms with Crippen LogP contribution in [0, 0.1) is 0 Å². The fourth-order valence-electron chi connectivity index (χ4n) is 2.91. The van der Waals surface area contributed by atoms with Crippen molar-refractivity contribution in [3.05, 3.63) is 28.8 Å². The van der Waals surface area contributed by atoms with E-state index in [1.165, 1.54) is 45.5 Å². The smallest absolute Gasteiger partial charge is 0.251 e. The zero-order chi connectivity index (χ0) is 17.7. The van der Waals surface area contributed by atoms with E-state index in [1.807, 2.05) is 0 Å². The van der Waals surface area contributed by atoms with Crippen molar-refractivity contribution in [3.8, 4) is 0 Å². The van der Waals surface area contributed by atoms with Gasteiger partial charge in [0.15, 0.2) is 0 Å². The number of hydrogen-bond acceptors (Lipinski definition) is 3. The van der Waals surface area contributed by atoms with Crippen molar-refractivity contribution in [1.82, 2.24) is 9.62 Å². The summed E-state index contributed by atoms with van der Waals surface area (Å²) in [5.41, 5.74) is 0.321. The molecule has 0 unspecified atom stereocenters. The maximum atomic E-state index is 12.5. The van der Waals surface area contributed by atoms with Crippen LogP contribution in [0.2, 0.25) is 5.02 Å². The Bertz CT molecular complexity index is 681. The molecule has 1 fully saturated rings. The minimum Gasteiger partial charge on any atom is -0.349 e. The maximum absolute atomic E-state index is 12.5. The molecule has 1 N–H and O–H groups in total. The first-order valence-corrected chi connectivity index (χ1v) is 10.2. The number of amides is 1. The Balaban J connectivity index is 2.18. The predicted molar refractivity (Wildman–Crippen MR) is 95.9 cm³/mol. The van der Waals surface area contributed by atoms with Crippen LogP contribution in [0.1, 0.15) is 55.3 Å². The lowest BCUT2D eigenvalue weighted by molar-refractivity contribution is 0.0930. The zero-order valence-electron chi connectivity index (χ0n) is 14.2. The number of halogens is 1. The lowest BCUT2D eigenvalue weighted by atomic mass is 9.96. The molecule has 0 aromatic heterocycles. The number of hydrogen-bond donors (Lipinski definition) is 1. The first-order valence-electron chi connectivity index (χ1n) is 8.35. The lowest BCUT2D eigenvalue weighted by Gasteiger charge is -2.21. The van der Waals surface area contributed by atoms with Crippen molar-refractivity contribution in [1.29, 1.82) is 0 Å². The summed E-state index contributed by atoms with van der Waals surface area (Å²) in [5, 5.41) is 3.16. The fourth-order valence-corrected chi connectivity index (χ4v) is 4.30. The Hall–Kier alpha value is -1.11. The second kappa shape index (κ2) is 8.32. The predicted octanol–water partition coefficient (Wildman–Crippen LogP) is 3.43. The normalized spacial score (nSPS) is 17.3. The highest BCUT2D eigenvalue weighted by Crippen LogP contribution is 2.25. The third kappa shape index (κ3) is 4.71. The van der Waals surface area contributed by atoms with Crippen LogP contribution in [0.15, 0.2) is 23.1 Å². The molecule has 1 amide bonds. The highest BCUT2D eigenvalue weighted by molar-refractivity contribution is 7.89. The molecule has 0 saturated heterocycles. The molecule has 0 atom stereocenters. The van der Waals surface area contributed by atoms with Crippen molar-refractivity contribution < 1.29 is 13.2 Å². The van der Waals surface area contributed by atoms with Crippen molar-refractivity contribution >= 4 is 27.5 Å². The van der Waals surface area contributed by atoms with Crippen LogP contribution in [-0.4, -0.2) is 38.8 Å². The van der Waals surface area contributed by atoms with E-state index >= 15 is 0 Å². The monoisotopic (exact) mass is 372 g/mol. The summed E-state index contributed by atoms with van der Waals surface area (Å²) in [7, 11) is -0.811. The molecule has 1 aromatic carbocycles. The number of nitrogens with one attached hydrogen (secondary N) is 1. The Morgan fingerprint density at radius 3 is 2.29 bits per heavy atom. The Labute approximate surface area is 149 Å². The standard InChI is InChI=1S/C17H25ClN2O3S/c1-20(2)24(22,23)16-12-13(10-11-15(16)18)17(21)19-14-8-6-4-3-5-7-9-14/h10-12,14H,3-9H2,1-2H3,(H,19,21). The van der Waals surface area contributed by atoms with Crippen molar-refractivity contribution in [2.45, 2.75) is 55.9 Å². The summed E-state index contributed by atoms with van der Waals surface area (Å²) >= 11 is 6.02. The topological polar surface area (TPSA) is 66.5 Å². The molecule has 2 rings (SSSR count). The van der Waals surface area contributed by atoms with Crippen LogP contribution in [-0.2, 0) is 10.0 Å². The van der Waals surface area contributed by atoms with Crippen LogP contribution >= 0.6 is 11.6 Å². The molecule has 1 aliphatic carbocycles. The quantitative estimate of drug-likeness (QED) is 0.880. The van der Waals surface area contributed by atoms with E-state index in [4.69, 9.17) is 11.6 Å². The molecule has 5 nitrogen and oxygen atoms in total. The van der Waals surface area contributed by atoms with E-state index in [0.717, 1.165) is 30.0 Å². The van der Waals surface area contributed by atoms with Gasteiger partial charge in [0.25, 0.3) is 5.91 Å². The number of carbonyl (C=O) groups is 1. The number of sulfonamides is 1. The lowest BCUT2D eigenvalue weighted by Crippen LogP contribution is -2.35. The van der Waals surface area contributed by atoms with Gasteiger partial charge in [-0.1, -0.05) is 43.7 Å². The minimum absolute atomic E-state index is 0.0421. The molecule has 0 bridgehead atoms. The van der Waals surface area contributed by atoms with Crippen LogP contribution < -0.4 is 5.32 Å². The Morgan fingerprint density at radius 1 is 1.12 bits per heavy atom. The summed E-state index contributed by atoms with van der Waals surface area (Å²) in [5.74, 6) is -0.243. The molecular formula is C17H25ClN2O3S. The van der Waals surface area contributed by atoms with Gasteiger partial charge in [0.05, 0.1) is 5.02 Å². The molecule has 1 aromatic rings. The molecule has 1 saturated carbocycles. The molecule has 0 spiro atoms. The number of carbonyl (C=O) groups excluding carboxylic acids is 1. The summed E-state index contributed by atoms with van der Waals surface area (Å²) in [6.07, 6.45) is 7.86. The highest BCUT2D eigenvalue weighted by Gasteiger charge is 2.23. The van der Waals surface area contributed by atoms with E-state index in [1.54, 1.807) is 6.07 Å². The molecule has 0 aliphatic heterocycles. The van der Waals surface area contributed by atoms with Crippen LogP contribution in [0.25, 0.3) is 0 Å². The molecule has 0 radical (unpaired) electrons.